The second-order valence-corrected chi connectivity index (χ2v) is 4.73. The molecule has 2 N–H and O–H groups in total. The Balaban J connectivity index is 2.44. The number of carboxylic acids is 1. The molecule has 17 heavy (non-hydrogen) atoms. The Morgan fingerprint density at radius 3 is 2.88 bits per heavy atom. The number of amides is 1. The predicted molar refractivity (Wildman–Crippen MR) is 63.7 cm³/mol. The first-order chi connectivity index (χ1) is 7.99. The Bertz CT molecular complexity index is 281. The summed E-state index contributed by atoms with van der Waals surface area (Å²) in [5, 5.41) is 11.6. The minimum Gasteiger partial charge on any atom is -0.481 e. The Labute approximate surface area is 102 Å². The normalized spacial score (nSPS) is 22.3. The summed E-state index contributed by atoms with van der Waals surface area (Å²) >= 11 is 0. The standard InChI is InChI=1S/C11H21N3O3/c1-13(2)4-3-5-14-7-9(11(16)17)6-12-10(15)8-14/h9H,3-8H2,1-2H3,(H,12,15)(H,16,17). The molecule has 0 radical (unpaired) electrons. The van der Waals surface area contributed by atoms with E-state index in [2.05, 4.69) is 10.2 Å². The minimum absolute atomic E-state index is 0.0846. The molecule has 1 aliphatic heterocycles. The molecule has 0 saturated carbocycles. The van der Waals surface area contributed by atoms with Crippen LogP contribution in [-0.2, 0) is 9.59 Å². The van der Waals surface area contributed by atoms with Crippen LogP contribution in [0.4, 0.5) is 0 Å². The lowest BCUT2D eigenvalue weighted by Crippen LogP contribution is -2.36. The number of carbonyl (C=O) groups excluding carboxylic acids is 1. The third-order valence-corrected chi connectivity index (χ3v) is 2.82. The molecule has 0 spiro atoms. The summed E-state index contributed by atoms with van der Waals surface area (Å²) in [5.41, 5.74) is 0. The number of carbonyl (C=O) groups is 2. The molecule has 0 aromatic rings. The smallest absolute Gasteiger partial charge is 0.309 e. The SMILES string of the molecule is CN(C)CCCN1CC(=O)NCC(C(=O)O)C1. The van der Waals surface area contributed by atoms with Crippen LogP contribution in [0.5, 0.6) is 0 Å². The van der Waals surface area contributed by atoms with Crippen LogP contribution in [0, 0.1) is 5.92 Å². The summed E-state index contributed by atoms with van der Waals surface area (Å²) in [4.78, 5) is 26.4. The molecule has 1 saturated heterocycles. The van der Waals surface area contributed by atoms with E-state index in [0.29, 0.717) is 13.1 Å². The molecule has 6 nitrogen and oxygen atoms in total. The molecule has 0 aromatic heterocycles. The van der Waals surface area contributed by atoms with Crippen molar-refractivity contribution in [2.24, 2.45) is 5.92 Å². The van der Waals surface area contributed by atoms with Crippen molar-refractivity contribution in [3.05, 3.63) is 0 Å². The van der Waals surface area contributed by atoms with E-state index in [1.165, 1.54) is 0 Å². The zero-order valence-electron chi connectivity index (χ0n) is 10.5. The van der Waals surface area contributed by atoms with E-state index < -0.39 is 11.9 Å². The van der Waals surface area contributed by atoms with Crippen LogP contribution in [-0.4, -0.2) is 73.6 Å². The number of rotatable bonds is 5. The van der Waals surface area contributed by atoms with Gasteiger partial charge in [0.15, 0.2) is 0 Å². The van der Waals surface area contributed by atoms with Crippen LogP contribution in [0.15, 0.2) is 0 Å². The van der Waals surface area contributed by atoms with E-state index >= 15 is 0 Å². The lowest BCUT2D eigenvalue weighted by atomic mass is 10.1. The fraction of sp³-hybridized carbons (Fsp3) is 0.818. The van der Waals surface area contributed by atoms with Crippen LogP contribution in [0.1, 0.15) is 6.42 Å². The first-order valence-corrected chi connectivity index (χ1v) is 5.85. The highest BCUT2D eigenvalue weighted by Gasteiger charge is 2.26. The topological polar surface area (TPSA) is 72.9 Å². The molecule has 1 atom stereocenters. The molecular weight excluding hydrogens is 222 g/mol. The van der Waals surface area contributed by atoms with Gasteiger partial charge in [-0.25, -0.2) is 0 Å². The molecule has 0 bridgehead atoms. The predicted octanol–water partition coefficient (Wildman–Crippen LogP) is -0.929. The van der Waals surface area contributed by atoms with Crippen LogP contribution in [0.25, 0.3) is 0 Å². The van der Waals surface area contributed by atoms with Crippen molar-refractivity contribution in [3.63, 3.8) is 0 Å². The van der Waals surface area contributed by atoms with Crippen molar-refractivity contribution in [1.82, 2.24) is 15.1 Å². The van der Waals surface area contributed by atoms with Gasteiger partial charge in [-0.15, -0.1) is 0 Å². The third-order valence-electron chi connectivity index (χ3n) is 2.82. The van der Waals surface area contributed by atoms with Gasteiger partial charge in [-0.2, -0.15) is 0 Å². The van der Waals surface area contributed by atoms with Gasteiger partial charge in [0.25, 0.3) is 0 Å². The summed E-state index contributed by atoms with van der Waals surface area (Å²) in [5.74, 6) is -1.43. The number of nitrogens with one attached hydrogen (secondary N) is 1. The molecule has 98 valence electrons. The van der Waals surface area contributed by atoms with Gasteiger partial charge >= 0.3 is 5.97 Å². The fourth-order valence-electron chi connectivity index (χ4n) is 1.88. The van der Waals surface area contributed by atoms with Gasteiger partial charge in [-0.3, -0.25) is 14.5 Å². The largest absolute Gasteiger partial charge is 0.481 e. The average Bonchev–Trinajstić information content (AvgIpc) is 2.39. The van der Waals surface area contributed by atoms with Crippen LogP contribution in [0.3, 0.4) is 0 Å². The van der Waals surface area contributed by atoms with Gasteiger partial charge in [-0.1, -0.05) is 0 Å². The van der Waals surface area contributed by atoms with Crippen LogP contribution in [0.2, 0.25) is 0 Å². The number of aliphatic carboxylic acids is 1. The number of nitrogens with zero attached hydrogens (tertiary/aromatic N) is 2. The highest BCUT2D eigenvalue weighted by atomic mass is 16.4. The van der Waals surface area contributed by atoms with Crippen molar-refractivity contribution in [2.75, 3.05) is 46.8 Å². The lowest BCUT2D eigenvalue weighted by Gasteiger charge is -2.21. The van der Waals surface area contributed by atoms with Crippen molar-refractivity contribution in [1.29, 1.82) is 0 Å². The third kappa shape index (κ3) is 5.14. The maximum Gasteiger partial charge on any atom is 0.309 e. The van der Waals surface area contributed by atoms with Crippen molar-refractivity contribution >= 4 is 11.9 Å². The summed E-state index contributed by atoms with van der Waals surface area (Å²) in [6.07, 6.45) is 0.937. The molecule has 1 aliphatic rings. The van der Waals surface area contributed by atoms with Crippen molar-refractivity contribution in [3.8, 4) is 0 Å². The second kappa shape index (κ2) is 6.56. The highest BCUT2D eigenvalue weighted by molar-refractivity contribution is 5.80. The van der Waals surface area contributed by atoms with Crippen LogP contribution < -0.4 is 5.32 Å². The summed E-state index contributed by atoms with van der Waals surface area (Å²) in [6.45, 7) is 2.68. The maximum absolute atomic E-state index is 11.4. The molecule has 0 aromatic carbocycles. The van der Waals surface area contributed by atoms with E-state index in [-0.39, 0.29) is 12.5 Å². The lowest BCUT2D eigenvalue weighted by molar-refractivity contribution is -0.141. The Hall–Kier alpha value is -1.14. The minimum atomic E-state index is -0.843. The molecular formula is C11H21N3O3. The van der Waals surface area contributed by atoms with E-state index in [1.807, 2.05) is 19.0 Å². The summed E-state index contributed by atoms with van der Waals surface area (Å²) in [6, 6.07) is 0. The molecule has 1 rings (SSSR count). The fourth-order valence-corrected chi connectivity index (χ4v) is 1.88. The van der Waals surface area contributed by atoms with E-state index in [1.54, 1.807) is 0 Å². The Morgan fingerprint density at radius 1 is 1.59 bits per heavy atom. The van der Waals surface area contributed by atoms with Gasteiger partial charge in [0, 0.05) is 13.1 Å². The maximum atomic E-state index is 11.4. The van der Waals surface area contributed by atoms with Gasteiger partial charge in [0.2, 0.25) is 5.91 Å². The summed E-state index contributed by atoms with van der Waals surface area (Å²) in [7, 11) is 3.99. The number of hydrogen-bond acceptors (Lipinski definition) is 4. The average molecular weight is 243 g/mol. The quantitative estimate of drug-likeness (QED) is 0.653. The number of hydrogen-bond donors (Lipinski definition) is 2. The van der Waals surface area contributed by atoms with E-state index in [0.717, 1.165) is 19.5 Å². The zero-order chi connectivity index (χ0) is 12.8. The van der Waals surface area contributed by atoms with Crippen molar-refractivity contribution in [2.45, 2.75) is 6.42 Å². The second-order valence-electron chi connectivity index (χ2n) is 4.73. The highest BCUT2D eigenvalue weighted by Crippen LogP contribution is 2.05. The van der Waals surface area contributed by atoms with Crippen molar-refractivity contribution < 1.29 is 14.7 Å². The molecule has 6 heteroatoms. The Kier molecular flexibility index (Phi) is 5.37. The van der Waals surface area contributed by atoms with Gasteiger partial charge < -0.3 is 15.3 Å². The summed E-state index contributed by atoms with van der Waals surface area (Å²) < 4.78 is 0. The molecule has 0 aliphatic carbocycles. The molecule has 1 fully saturated rings. The van der Waals surface area contributed by atoms with Gasteiger partial charge in [0.1, 0.15) is 0 Å². The van der Waals surface area contributed by atoms with E-state index in [9.17, 15) is 9.59 Å². The van der Waals surface area contributed by atoms with Gasteiger partial charge in [0.05, 0.1) is 12.5 Å². The van der Waals surface area contributed by atoms with E-state index in [4.69, 9.17) is 5.11 Å². The first-order valence-electron chi connectivity index (χ1n) is 5.85. The van der Waals surface area contributed by atoms with Gasteiger partial charge in [-0.05, 0) is 33.6 Å². The zero-order valence-corrected chi connectivity index (χ0v) is 10.5. The van der Waals surface area contributed by atoms with Crippen LogP contribution >= 0.6 is 0 Å². The number of carboxylic acid groups (broad SMARTS) is 1. The first kappa shape index (κ1) is 13.9. The Morgan fingerprint density at radius 2 is 2.29 bits per heavy atom. The molecule has 1 amide bonds. The monoisotopic (exact) mass is 243 g/mol. The molecule has 1 heterocycles. The molecule has 1 unspecified atom stereocenters.